The first kappa shape index (κ1) is 6.54. The third-order valence-corrected chi connectivity index (χ3v) is 2.29. The fourth-order valence-electron chi connectivity index (χ4n) is 1.47. The van der Waals surface area contributed by atoms with Crippen LogP contribution in [0.2, 0.25) is 0 Å². The topological polar surface area (TPSA) is 69.9 Å². The standard InChI is InChI=1S/C6H10O4/c7-2-3-5(8)6(9)1-4(6)10-3/h3-5,7-9H,1-2H2/t3-,4-,5-,6-/m1/s1. The number of fused-ring (bicyclic) bond motifs is 1. The summed E-state index contributed by atoms with van der Waals surface area (Å²) in [6.45, 7) is -0.222. The average molecular weight is 146 g/mol. The van der Waals surface area contributed by atoms with Gasteiger partial charge in [-0.15, -0.1) is 0 Å². The Morgan fingerprint density at radius 2 is 2.30 bits per heavy atom. The van der Waals surface area contributed by atoms with E-state index in [4.69, 9.17) is 9.84 Å². The van der Waals surface area contributed by atoms with Crippen molar-refractivity contribution >= 4 is 0 Å². The van der Waals surface area contributed by atoms with Crippen LogP contribution in [0.1, 0.15) is 6.42 Å². The van der Waals surface area contributed by atoms with Crippen molar-refractivity contribution < 1.29 is 20.1 Å². The number of hydrogen-bond acceptors (Lipinski definition) is 4. The molecule has 2 fully saturated rings. The molecule has 2 rings (SSSR count). The van der Waals surface area contributed by atoms with E-state index < -0.39 is 17.8 Å². The Morgan fingerprint density at radius 1 is 1.60 bits per heavy atom. The molecule has 0 unspecified atom stereocenters. The maximum atomic E-state index is 9.35. The molecule has 0 aromatic heterocycles. The lowest BCUT2D eigenvalue weighted by molar-refractivity contribution is -0.0488. The SMILES string of the molecule is OC[C@H]1O[C@@H]2C[C@]2(O)[C@@H]1O. The molecule has 0 spiro atoms. The van der Waals surface area contributed by atoms with Crippen LogP contribution < -0.4 is 0 Å². The number of aliphatic hydroxyl groups is 3. The minimum Gasteiger partial charge on any atom is -0.394 e. The second-order valence-electron chi connectivity index (χ2n) is 2.99. The van der Waals surface area contributed by atoms with Gasteiger partial charge in [-0.3, -0.25) is 0 Å². The Hall–Kier alpha value is -0.160. The Morgan fingerprint density at radius 3 is 2.60 bits per heavy atom. The van der Waals surface area contributed by atoms with Crippen LogP contribution in [0.15, 0.2) is 0 Å². The van der Waals surface area contributed by atoms with Gasteiger partial charge in [-0.2, -0.15) is 0 Å². The Balaban J connectivity index is 2.09. The molecule has 1 aliphatic carbocycles. The first-order valence-electron chi connectivity index (χ1n) is 3.35. The zero-order valence-electron chi connectivity index (χ0n) is 5.40. The number of aliphatic hydroxyl groups excluding tert-OH is 2. The predicted octanol–water partition coefficient (Wildman–Crippen LogP) is -1.76. The van der Waals surface area contributed by atoms with Gasteiger partial charge in [0.15, 0.2) is 0 Å². The first-order chi connectivity index (χ1) is 4.68. The van der Waals surface area contributed by atoms with E-state index in [-0.39, 0.29) is 12.7 Å². The van der Waals surface area contributed by atoms with E-state index in [1.807, 2.05) is 0 Å². The summed E-state index contributed by atoms with van der Waals surface area (Å²) in [6, 6.07) is 0. The average Bonchev–Trinajstić information content (AvgIpc) is 2.51. The smallest absolute Gasteiger partial charge is 0.122 e. The van der Waals surface area contributed by atoms with Crippen LogP contribution in [0.3, 0.4) is 0 Å². The highest BCUT2D eigenvalue weighted by atomic mass is 16.6. The van der Waals surface area contributed by atoms with Gasteiger partial charge in [0, 0.05) is 6.42 Å². The summed E-state index contributed by atoms with van der Waals surface area (Å²) in [5, 5.41) is 27.2. The third kappa shape index (κ3) is 0.594. The maximum Gasteiger partial charge on any atom is 0.122 e. The quantitative estimate of drug-likeness (QED) is 0.410. The maximum absolute atomic E-state index is 9.35. The van der Waals surface area contributed by atoms with Crippen LogP contribution in [-0.4, -0.2) is 45.8 Å². The Labute approximate surface area is 58.0 Å². The van der Waals surface area contributed by atoms with Crippen molar-refractivity contribution in [1.29, 1.82) is 0 Å². The Bertz CT molecular complexity index is 160. The van der Waals surface area contributed by atoms with Crippen LogP contribution in [-0.2, 0) is 4.74 Å². The summed E-state index contributed by atoms with van der Waals surface area (Å²) in [6.07, 6.45) is -1.21. The van der Waals surface area contributed by atoms with Crippen molar-refractivity contribution in [3.63, 3.8) is 0 Å². The van der Waals surface area contributed by atoms with Gasteiger partial charge >= 0.3 is 0 Å². The molecule has 10 heavy (non-hydrogen) atoms. The van der Waals surface area contributed by atoms with Crippen LogP contribution >= 0.6 is 0 Å². The molecule has 0 radical (unpaired) electrons. The Kier molecular flexibility index (Phi) is 1.12. The summed E-state index contributed by atoms with van der Waals surface area (Å²) in [5.74, 6) is 0. The lowest BCUT2D eigenvalue weighted by Crippen LogP contribution is -2.36. The van der Waals surface area contributed by atoms with Gasteiger partial charge in [0.05, 0.1) is 12.7 Å². The minimum absolute atomic E-state index is 0.222. The van der Waals surface area contributed by atoms with Crippen molar-refractivity contribution in [1.82, 2.24) is 0 Å². The van der Waals surface area contributed by atoms with Crippen molar-refractivity contribution in [2.75, 3.05) is 6.61 Å². The lowest BCUT2D eigenvalue weighted by Gasteiger charge is -2.16. The van der Waals surface area contributed by atoms with Gasteiger partial charge in [0.1, 0.15) is 17.8 Å². The zero-order valence-corrected chi connectivity index (χ0v) is 5.40. The summed E-state index contributed by atoms with van der Waals surface area (Å²) in [7, 11) is 0. The molecule has 1 heterocycles. The number of hydrogen-bond donors (Lipinski definition) is 3. The molecule has 1 saturated heterocycles. The van der Waals surface area contributed by atoms with E-state index in [1.54, 1.807) is 0 Å². The van der Waals surface area contributed by atoms with Crippen molar-refractivity contribution in [3.8, 4) is 0 Å². The van der Waals surface area contributed by atoms with E-state index in [0.29, 0.717) is 6.42 Å². The van der Waals surface area contributed by atoms with E-state index in [0.717, 1.165) is 0 Å². The number of rotatable bonds is 1. The molecular formula is C6H10O4. The zero-order chi connectivity index (χ0) is 7.35. The molecule has 58 valence electrons. The van der Waals surface area contributed by atoms with Crippen LogP contribution in [0, 0.1) is 0 Å². The highest BCUT2D eigenvalue weighted by molar-refractivity contribution is 5.17. The molecule has 4 nitrogen and oxygen atoms in total. The van der Waals surface area contributed by atoms with Gasteiger partial charge in [-0.25, -0.2) is 0 Å². The summed E-state index contributed by atoms with van der Waals surface area (Å²) >= 11 is 0. The second-order valence-corrected chi connectivity index (χ2v) is 2.99. The highest BCUT2D eigenvalue weighted by Gasteiger charge is 2.67. The van der Waals surface area contributed by atoms with E-state index >= 15 is 0 Å². The van der Waals surface area contributed by atoms with Crippen molar-refractivity contribution in [3.05, 3.63) is 0 Å². The van der Waals surface area contributed by atoms with Crippen molar-refractivity contribution in [2.24, 2.45) is 0 Å². The normalized spacial score (nSPS) is 58.5. The van der Waals surface area contributed by atoms with Crippen LogP contribution in [0.5, 0.6) is 0 Å². The van der Waals surface area contributed by atoms with Gasteiger partial charge in [0.2, 0.25) is 0 Å². The molecule has 1 aliphatic heterocycles. The molecule has 3 N–H and O–H groups in total. The summed E-state index contributed by atoms with van der Waals surface area (Å²) in [4.78, 5) is 0. The largest absolute Gasteiger partial charge is 0.394 e. The van der Waals surface area contributed by atoms with Gasteiger partial charge < -0.3 is 20.1 Å². The molecule has 4 heteroatoms. The monoisotopic (exact) mass is 146 g/mol. The minimum atomic E-state index is -1.03. The van der Waals surface area contributed by atoms with Crippen molar-refractivity contribution in [2.45, 2.75) is 30.3 Å². The molecule has 0 bridgehead atoms. The van der Waals surface area contributed by atoms with Gasteiger partial charge in [-0.1, -0.05) is 0 Å². The third-order valence-electron chi connectivity index (χ3n) is 2.29. The van der Waals surface area contributed by atoms with E-state index in [2.05, 4.69) is 0 Å². The second kappa shape index (κ2) is 1.71. The molecule has 4 atom stereocenters. The molecular weight excluding hydrogens is 136 g/mol. The fourth-order valence-corrected chi connectivity index (χ4v) is 1.47. The summed E-state index contributed by atoms with van der Waals surface area (Å²) < 4.78 is 5.05. The summed E-state index contributed by atoms with van der Waals surface area (Å²) in [5.41, 5.74) is -1.03. The first-order valence-corrected chi connectivity index (χ1v) is 3.35. The van der Waals surface area contributed by atoms with Crippen LogP contribution in [0.25, 0.3) is 0 Å². The van der Waals surface area contributed by atoms with E-state index in [9.17, 15) is 10.2 Å². The van der Waals surface area contributed by atoms with E-state index in [1.165, 1.54) is 0 Å². The lowest BCUT2D eigenvalue weighted by atomic mass is 10.1. The van der Waals surface area contributed by atoms with Gasteiger partial charge in [0.25, 0.3) is 0 Å². The van der Waals surface area contributed by atoms with Crippen LogP contribution in [0.4, 0.5) is 0 Å². The van der Waals surface area contributed by atoms with Gasteiger partial charge in [-0.05, 0) is 0 Å². The molecule has 1 saturated carbocycles. The molecule has 0 aromatic carbocycles. The molecule has 0 amide bonds. The predicted molar refractivity (Wildman–Crippen MR) is 31.3 cm³/mol. The number of ether oxygens (including phenoxy) is 1. The highest BCUT2D eigenvalue weighted by Crippen LogP contribution is 2.49. The molecule has 0 aromatic rings. The fraction of sp³-hybridized carbons (Fsp3) is 1.00. The molecule has 2 aliphatic rings.